The predicted molar refractivity (Wildman–Crippen MR) is 96.4 cm³/mol. The van der Waals surface area contributed by atoms with Crippen molar-refractivity contribution in [2.24, 2.45) is 14.1 Å². The van der Waals surface area contributed by atoms with Gasteiger partial charge in [0.1, 0.15) is 5.82 Å². The van der Waals surface area contributed by atoms with Crippen LogP contribution in [0.2, 0.25) is 0 Å². The first-order valence-electron chi connectivity index (χ1n) is 7.87. The van der Waals surface area contributed by atoms with Crippen LogP contribution in [0.15, 0.2) is 38.9 Å². The molecule has 0 aliphatic carbocycles. The summed E-state index contributed by atoms with van der Waals surface area (Å²) in [6.45, 7) is 0. The SMILES string of the molecule is Cn1nc(SCC(=O)NNC(=O)CCc2ccc(F)cc2)c(=O)n(C)c1=O. The number of nitrogens with one attached hydrogen (secondary N) is 2. The molecule has 2 aromatic rings. The second kappa shape index (κ2) is 9.12. The van der Waals surface area contributed by atoms with Gasteiger partial charge in [0.05, 0.1) is 5.75 Å². The molecule has 1 heterocycles. The summed E-state index contributed by atoms with van der Waals surface area (Å²) in [4.78, 5) is 47.0. The molecular formula is C16H18FN5O4S. The Morgan fingerprint density at radius 3 is 2.41 bits per heavy atom. The zero-order chi connectivity index (χ0) is 20.0. The number of aryl methyl sites for hydroxylation is 2. The molecule has 144 valence electrons. The molecule has 0 radical (unpaired) electrons. The molecule has 0 saturated carbocycles. The van der Waals surface area contributed by atoms with Crippen molar-refractivity contribution in [3.8, 4) is 0 Å². The second-order valence-corrected chi connectivity index (χ2v) is 6.55. The Bertz CT molecular complexity index is 955. The van der Waals surface area contributed by atoms with E-state index in [4.69, 9.17) is 0 Å². The lowest BCUT2D eigenvalue weighted by Gasteiger charge is -2.08. The summed E-state index contributed by atoms with van der Waals surface area (Å²) in [7, 11) is 2.71. The zero-order valence-corrected chi connectivity index (χ0v) is 15.5. The average molecular weight is 395 g/mol. The van der Waals surface area contributed by atoms with Gasteiger partial charge >= 0.3 is 5.69 Å². The summed E-state index contributed by atoms with van der Waals surface area (Å²) in [5.41, 5.74) is 4.13. The second-order valence-electron chi connectivity index (χ2n) is 5.59. The molecule has 27 heavy (non-hydrogen) atoms. The lowest BCUT2D eigenvalue weighted by Crippen LogP contribution is -2.43. The van der Waals surface area contributed by atoms with Crippen LogP contribution >= 0.6 is 11.8 Å². The molecule has 1 aromatic carbocycles. The molecule has 2 N–H and O–H groups in total. The molecule has 2 amide bonds. The van der Waals surface area contributed by atoms with Crippen molar-refractivity contribution in [3.63, 3.8) is 0 Å². The minimum atomic E-state index is -0.598. The molecule has 0 unspecified atom stereocenters. The van der Waals surface area contributed by atoms with Crippen LogP contribution in [0.25, 0.3) is 0 Å². The number of hydrogen-bond acceptors (Lipinski definition) is 6. The molecule has 0 atom stereocenters. The van der Waals surface area contributed by atoms with Gasteiger partial charge in [0, 0.05) is 20.5 Å². The minimum absolute atomic E-state index is 0.00242. The molecule has 0 spiro atoms. The van der Waals surface area contributed by atoms with Gasteiger partial charge in [-0.05, 0) is 24.1 Å². The topological polar surface area (TPSA) is 115 Å². The summed E-state index contributed by atoms with van der Waals surface area (Å²) in [5, 5.41) is 3.81. The zero-order valence-electron chi connectivity index (χ0n) is 14.7. The Morgan fingerprint density at radius 1 is 1.11 bits per heavy atom. The van der Waals surface area contributed by atoms with Crippen LogP contribution in [-0.4, -0.2) is 31.9 Å². The van der Waals surface area contributed by atoms with E-state index >= 15 is 0 Å². The number of carbonyl (C=O) groups excluding carboxylic acids is 2. The van der Waals surface area contributed by atoms with Crippen molar-refractivity contribution in [1.82, 2.24) is 25.2 Å². The van der Waals surface area contributed by atoms with E-state index in [1.54, 1.807) is 12.1 Å². The van der Waals surface area contributed by atoms with Crippen molar-refractivity contribution in [3.05, 3.63) is 56.5 Å². The van der Waals surface area contributed by atoms with Crippen LogP contribution in [0.4, 0.5) is 4.39 Å². The van der Waals surface area contributed by atoms with Gasteiger partial charge in [0.25, 0.3) is 5.56 Å². The highest BCUT2D eigenvalue weighted by atomic mass is 32.2. The lowest BCUT2D eigenvalue weighted by atomic mass is 10.1. The van der Waals surface area contributed by atoms with E-state index in [1.165, 1.54) is 26.2 Å². The fraction of sp³-hybridized carbons (Fsp3) is 0.312. The normalized spacial score (nSPS) is 10.5. The van der Waals surface area contributed by atoms with Crippen LogP contribution in [0.5, 0.6) is 0 Å². The average Bonchev–Trinajstić information content (AvgIpc) is 2.66. The molecule has 0 aliphatic rings. The standard InChI is InChI=1S/C16H18FN5O4S/c1-21-15(25)14(20-22(2)16(21)26)27-9-13(24)19-18-12(23)8-5-10-3-6-11(17)7-4-10/h3-4,6-7H,5,8-9H2,1-2H3,(H,18,23)(H,19,24). The summed E-state index contributed by atoms with van der Waals surface area (Å²) in [5.74, 6) is -1.46. The first-order valence-corrected chi connectivity index (χ1v) is 8.85. The fourth-order valence-electron chi connectivity index (χ4n) is 2.04. The van der Waals surface area contributed by atoms with Gasteiger partial charge in [-0.3, -0.25) is 29.8 Å². The smallest absolute Gasteiger partial charge is 0.273 e. The van der Waals surface area contributed by atoms with E-state index in [0.29, 0.717) is 6.42 Å². The number of thioether (sulfide) groups is 1. The van der Waals surface area contributed by atoms with Crippen LogP contribution in [0.3, 0.4) is 0 Å². The lowest BCUT2D eigenvalue weighted by molar-refractivity contribution is -0.127. The molecule has 2 rings (SSSR count). The van der Waals surface area contributed by atoms with Gasteiger partial charge in [-0.25, -0.2) is 13.9 Å². The first kappa shape index (κ1) is 20.4. The van der Waals surface area contributed by atoms with Crippen LogP contribution in [-0.2, 0) is 30.1 Å². The molecule has 0 aliphatic heterocycles. The molecule has 9 nitrogen and oxygen atoms in total. The predicted octanol–water partition coefficient (Wildman–Crippen LogP) is -0.510. The first-order chi connectivity index (χ1) is 12.8. The number of carbonyl (C=O) groups is 2. The van der Waals surface area contributed by atoms with Crippen molar-refractivity contribution < 1.29 is 14.0 Å². The Kier molecular flexibility index (Phi) is 6.88. The Balaban J connectivity index is 1.78. The van der Waals surface area contributed by atoms with Gasteiger partial charge in [0.15, 0.2) is 5.03 Å². The van der Waals surface area contributed by atoms with Gasteiger partial charge in [-0.15, -0.1) is 0 Å². The number of hydrogen-bond donors (Lipinski definition) is 2. The molecule has 1 aromatic heterocycles. The molecule has 0 fully saturated rings. The van der Waals surface area contributed by atoms with Crippen molar-refractivity contribution in [2.75, 3.05) is 5.75 Å². The van der Waals surface area contributed by atoms with Crippen molar-refractivity contribution in [1.29, 1.82) is 0 Å². The molecular weight excluding hydrogens is 377 g/mol. The highest BCUT2D eigenvalue weighted by Crippen LogP contribution is 2.08. The number of benzene rings is 1. The number of aromatic nitrogens is 3. The van der Waals surface area contributed by atoms with Gasteiger partial charge in [-0.1, -0.05) is 23.9 Å². The maximum Gasteiger partial charge on any atom is 0.346 e. The van der Waals surface area contributed by atoms with Crippen LogP contribution in [0, 0.1) is 5.82 Å². The number of rotatable bonds is 6. The highest BCUT2D eigenvalue weighted by molar-refractivity contribution is 7.99. The van der Waals surface area contributed by atoms with Crippen LogP contribution in [0.1, 0.15) is 12.0 Å². The van der Waals surface area contributed by atoms with E-state index in [0.717, 1.165) is 26.6 Å². The largest absolute Gasteiger partial charge is 0.346 e. The monoisotopic (exact) mass is 395 g/mol. The van der Waals surface area contributed by atoms with Gasteiger partial charge in [-0.2, -0.15) is 5.10 Å². The van der Waals surface area contributed by atoms with E-state index in [2.05, 4.69) is 16.0 Å². The van der Waals surface area contributed by atoms with Crippen molar-refractivity contribution in [2.45, 2.75) is 17.9 Å². The number of amides is 2. The van der Waals surface area contributed by atoms with E-state index in [-0.39, 0.29) is 23.0 Å². The van der Waals surface area contributed by atoms with E-state index in [1.807, 2.05) is 0 Å². The molecule has 0 saturated heterocycles. The van der Waals surface area contributed by atoms with Gasteiger partial charge in [0.2, 0.25) is 11.8 Å². The van der Waals surface area contributed by atoms with E-state index in [9.17, 15) is 23.6 Å². The maximum atomic E-state index is 12.8. The molecule has 11 heteroatoms. The summed E-state index contributed by atoms with van der Waals surface area (Å²) < 4.78 is 14.7. The van der Waals surface area contributed by atoms with Gasteiger partial charge < -0.3 is 0 Å². The maximum absolute atomic E-state index is 12.8. The molecule has 0 bridgehead atoms. The Labute approximate surface area is 157 Å². The number of halogens is 1. The third-order valence-corrected chi connectivity index (χ3v) is 4.46. The van der Waals surface area contributed by atoms with Crippen LogP contribution < -0.4 is 22.1 Å². The summed E-state index contributed by atoms with van der Waals surface area (Å²) in [6.07, 6.45) is 0.511. The Hall–Kier alpha value is -2.95. The van der Waals surface area contributed by atoms with E-state index < -0.39 is 23.1 Å². The number of nitrogens with zero attached hydrogens (tertiary/aromatic N) is 3. The van der Waals surface area contributed by atoms with Crippen molar-refractivity contribution >= 4 is 23.6 Å². The number of hydrazine groups is 1. The summed E-state index contributed by atoms with van der Waals surface area (Å²) in [6, 6.07) is 5.78. The fourth-order valence-corrected chi connectivity index (χ4v) is 2.82. The minimum Gasteiger partial charge on any atom is -0.273 e. The Morgan fingerprint density at radius 2 is 1.74 bits per heavy atom. The third-order valence-electron chi connectivity index (χ3n) is 3.53. The quantitative estimate of drug-likeness (QED) is 0.503. The third kappa shape index (κ3) is 5.78. The highest BCUT2D eigenvalue weighted by Gasteiger charge is 2.12. The summed E-state index contributed by atoms with van der Waals surface area (Å²) >= 11 is 0.852.